The van der Waals surface area contributed by atoms with Crippen molar-refractivity contribution in [2.45, 2.75) is 38.7 Å². The van der Waals surface area contributed by atoms with Crippen molar-refractivity contribution in [1.29, 1.82) is 0 Å². The lowest BCUT2D eigenvalue weighted by molar-refractivity contribution is 0.570. The smallest absolute Gasteiger partial charge is 0.421 e. The average Bonchev–Trinajstić information content (AvgIpc) is 2.25. The zero-order valence-electron chi connectivity index (χ0n) is 9.59. The molecule has 0 aliphatic heterocycles. The van der Waals surface area contributed by atoms with Crippen LogP contribution in [0, 0.1) is 0 Å². The zero-order valence-corrected chi connectivity index (χ0v) is 12.9. The van der Waals surface area contributed by atoms with Crippen LogP contribution in [-0.4, -0.2) is 6.25 Å². The molecule has 16 heavy (non-hydrogen) atoms. The van der Waals surface area contributed by atoms with Crippen LogP contribution in [0.5, 0.6) is 5.75 Å². The first-order valence-electron chi connectivity index (χ1n) is 5.76. The predicted molar refractivity (Wildman–Crippen MR) is 76.6 cm³/mol. The average molecular weight is 322 g/mol. The Morgan fingerprint density at radius 1 is 1.19 bits per heavy atom. The lowest BCUT2D eigenvalue weighted by atomic mass is 10.2. The minimum Gasteiger partial charge on any atom is -0.521 e. The molecule has 1 aromatic carbocycles. The fraction of sp³-hybridized carbons (Fsp3) is 0.500. The molecule has 0 N–H and O–H groups in total. The van der Waals surface area contributed by atoms with Crippen LogP contribution in [0.2, 0.25) is 6.04 Å². The minimum atomic E-state index is -2.21. The molecule has 0 spiro atoms. The molecule has 1 atom stereocenters. The highest BCUT2D eigenvalue weighted by molar-refractivity contribution is 9.27. The Balaban J connectivity index is 2.33. The van der Waals surface area contributed by atoms with Gasteiger partial charge in [0.05, 0.1) is 0 Å². The Hall–Kier alpha value is 0.00688. The summed E-state index contributed by atoms with van der Waals surface area (Å²) in [5, 5.41) is 0. The molecule has 0 fully saturated rings. The van der Waals surface area contributed by atoms with Crippen LogP contribution in [0.3, 0.4) is 0 Å². The molecule has 0 aliphatic rings. The third-order valence-electron chi connectivity index (χ3n) is 2.33. The minimum absolute atomic E-state index is 0.858. The fourth-order valence-electron chi connectivity index (χ4n) is 1.47. The molecule has 4 heteroatoms. The number of hydrogen-bond donors (Lipinski definition) is 0. The number of rotatable bonds is 7. The van der Waals surface area contributed by atoms with Gasteiger partial charge in [-0.15, -0.1) is 11.1 Å². The summed E-state index contributed by atoms with van der Waals surface area (Å²) >= 11 is 9.94. The third kappa shape index (κ3) is 5.92. The fourth-order valence-corrected chi connectivity index (χ4v) is 4.78. The summed E-state index contributed by atoms with van der Waals surface area (Å²) in [6, 6.07) is 10.7. The van der Waals surface area contributed by atoms with Crippen molar-refractivity contribution < 1.29 is 4.43 Å². The van der Waals surface area contributed by atoms with E-state index >= 15 is 0 Å². The second kappa shape index (κ2) is 7.36. The summed E-state index contributed by atoms with van der Waals surface area (Å²) in [7, 11) is 0. The summed E-state index contributed by atoms with van der Waals surface area (Å²) in [5.41, 5.74) is 0. The van der Waals surface area contributed by atoms with E-state index in [9.17, 15) is 0 Å². The van der Waals surface area contributed by atoms with Crippen LogP contribution in [0.1, 0.15) is 32.6 Å². The van der Waals surface area contributed by atoms with Crippen molar-refractivity contribution in [3.8, 4) is 5.75 Å². The first-order valence-corrected chi connectivity index (χ1v) is 11.1. The van der Waals surface area contributed by atoms with Crippen LogP contribution in [0.25, 0.3) is 0 Å². The SMILES string of the molecule is CCCCCC[Si](Cl)(Br)Oc1ccccc1. The molecule has 90 valence electrons. The van der Waals surface area contributed by atoms with Crippen LogP contribution >= 0.6 is 26.4 Å². The molecule has 0 aromatic heterocycles. The van der Waals surface area contributed by atoms with Gasteiger partial charge in [0.2, 0.25) is 0 Å². The molecule has 1 rings (SSSR count). The highest BCUT2D eigenvalue weighted by Crippen LogP contribution is 2.29. The van der Waals surface area contributed by atoms with Gasteiger partial charge in [0.15, 0.2) is 0 Å². The van der Waals surface area contributed by atoms with Crippen molar-refractivity contribution in [2.24, 2.45) is 0 Å². The summed E-state index contributed by atoms with van der Waals surface area (Å²) in [5.74, 6) is 0.858. The number of halogens is 2. The normalized spacial score (nSPS) is 14.4. The Morgan fingerprint density at radius 2 is 1.88 bits per heavy atom. The molecule has 0 amide bonds. The molecule has 0 heterocycles. The van der Waals surface area contributed by atoms with E-state index in [-0.39, 0.29) is 0 Å². The molecular formula is C12H18BrClOSi. The summed E-state index contributed by atoms with van der Waals surface area (Å²) in [6.07, 6.45) is 2.70. The first kappa shape index (κ1) is 14.1. The monoisotopic (exact) mass is 320 g/mol. The molecule has 0 bridgehead atoms. The highest BCUT2D eigenvalue weighted by atomic mass is 79.9. The molecule has 1 unspecified atom stereocenters. The van der Waals surface area contributed by atoms with E-state index < -0.39 is 6.25 Å². The van der Waals surface area contributed by atoms with E-state index in [0.717, 1.165) is 18.2 Å². The first-order chi connectivity index (χ1) is 7.64. The van der Waals surface area contributed by atoms with Crippen molar-refractivity contribution in [3.05, 3.63) is 30.3 Å². The van der Waals surface area contributed by atoms with Gasteiger partial charge >= 0.3 is 6.25 Å². The second-order valence-electron chi connectivity index (χ2n) is 3.86. The van der Waals surface area contributed by atoms with Gasteiger partial charge in [-0.25, -0.2) is 0 Å². The summed E-state index contributed by atoms with van der Waals surface area (Å²) < 4.78 is 5.80. The van der Waals surface area contributed by atoms with Crippen molar-refractivity contribution in [3.63, 3.8) is 0 Å². The van der Waals surface area contributed by atoms with Crippen LogP contribution in [0.4, 0.5) is 0 Å². The van der Waals surface area contributed by atoms with Gasteiger partial charge in [0.25, 0.3) is 0 Å². The Kier molecular flexibility index (Phi) is 6.47. The largest absolute Gasteiger partial charge is 0.521 e. The predicted octanol–water partition coefficient (Wildman–Crippen LogP) is 5.22. The lowest BCUT2D eigenvalue weighted by Gasteiger charge is -2.19. The van der Waals surface area contributed by atoms with Crippen molar-refractivity contribution in [2.75, 3.05) is 0 Å². The standard InChI is InChI=1S/C12H18BrClOSi/c1-2-3-4-8-11-16(13,14)15-12-9-6-5-7-10-12/h5-7,9-10H,2-4,8,11H2,1H3. The Morgan fingerprint density at radius 3 is 2.50 bits per heavy atom. The number of unbranched alkanes of at least 4 members (excludes halogenated alkanes) is 3. The van der Waals surface area contributed by atoms with E-state index in [1.165, 1.54) is 19.3 Å². The second-order valence-corrected chi connectivity index (χ2v) is 12.9. The third-order valence-corrected chi connectivity index (χ3v) is 6.28. The van der Waals surface area contributed by atoms with Crippen LogP contribution in [0.15, 0.2) is 30.3 Å². The number of para-hydroxylation sites is 1. The van der Waals surface area contributed by atoms with Gasteiger partial charge in [-0.3, -0.25) is 0 Å². The quantitative estimate of drug-likeness (QED) is 0.380. The van der Waals surface area contributed by atoms with Gasteiger partial charge in [0, 0.05) is 6.04 Å². The lowest BCUT2D eigenvalue weighted by Crippen LogP contribution is -2.27. The van der Waals surface area contributed by atoms with Crippen LogP contribution in [-0.2, 0) is 0 Å². The molecule has 0 aliphatic carbocycles. The summed E-state index contributed by atoms with van der Waals surface area (Å²) in [4.78, 5) is 0. The maximum absolute atomic E-state index is 6.38. The van der Waals surface area contributed by atoms with E-state index in [4.69, 9.17) is 15.5 Å². The van der Waals surface area contributed by atoms with Gasteiger partial charge < -0.3 is 4.43 Å². The molecular weight excluding hydrogens is 304 g/mol. The van der Waals surface area contributed by atoms with Crippen molar-refractivity contribution in [1.82, 2.24) is 0 Å². The molecule has 1 nitrogen and oxygen atoms in total. The number of benzene rings is 1. The molecule has 0 radical (unpaired) electrons. The van der Waals surface area contributed by atoms with Gasteiger partial charge in [-0.2, -0.15) is 0 Å². The van der Waals surface area contributed by atoms with Crippen molar-refractivity contribution >= 4 is 32.6 Å². The van der Waals surface area contributed by atoms with Crippen LogP contribution < -0.4 is 4.43 Å². The van der Waals surface area contributed by atoms with E-state index in [2.05, 4.69) is 22.2 Å². The van der Waals surface area contributed by atoms with Gasteiger partial charge in [0.1, 0.15) is 5.75 Å². The van der Waals surface area contributed by atoms with Gasteiger partial charge in [-0.05, 0) is 12.1 Å². The molecule has 0 saturated carbocycles. The Labute approximate surface area is 112 Å². The zero-order chi connectivity index (χ0) is 11.9. The molecule has 0 saturated heterocycles. The Bertz CT molecular complexity index is 292. The number of hydrogen-bond acceptors (Lipinski definition) is 1. The van der Waals surface area contributed by atoms with E-state index in [0.29, 0.717) is 0 Å². The summed E-state index contributed by atoms with van der Waals surface area (Å²) in [6.45, 7) is 2.21. The highest BCUT2D eigenvalue weighted by Gasteiger charge is 2.30. The topological polar surface area (TPSA) is 9.23 Å². The van der Waals surface area contributed by atoms with E-state index in [1.54, 1.807) is 0 Å². The maximum Gasteiger partial charge on any atom is 0.421 e. The van der Waals surface area contributed by atoms with Gasteiger partial charge in [-0.1, -0.05) is 66.1 Å². The maximum atomic E-state index is 6.38. The van der Waals surface area contributed by atoms with E-state index in [1.807, 2.05) is 30.3 Å². The molecule has 1 aromatic rings.